The Morgan fingerprint density at radius 2 is 1.33 bits per heavy atom. The predicted molar refractivity (Wildman–Crippen MR) is 87.8 cm³/mol. The number of rotatable bonds is 6. The van der Waals surface area contributed by atoms with Gasteiger partial charge in [-0.1, -0.05) is 24.3 Å². The van der Waals surface area contributed by atoms with Gasteiger partial charge < -0.3 is 9.57 Å². The minimum absolute atomic E-state index is 0.0939. The molecule has 0 spiro atoms. The molecule has 0 aliphatic heterocycles. The maximum Gasteiger partial charge on any atom is 0.155 e. The molecule has 0 amide bonds. The zero-order chi connectivity index (χ0) is 16.8. The molecular weight excluding hydrogens is 312 g/mol. The number of ether oxygens (including phenoxy) is 1. The van der Waals surface area contributed by atoms with E-state index in [0.717, 1.165) is 5.69 Å². The second-order valence-corrected chi connectivity index (χ2v) is 5.03. The lowest BCUT2D eigenvalue weighted by molar-refractivity contribution is 0.292. The average Bonchev–Trinajstić information content (AvgIpc) is 2.61. The van der Waals surface area contributed by atoms with Crippen molar-refractivity contribution in [2.75, 3.05) is 5.48 Å². The van der Waals surface area contributed by atoms with Gasteiger partial charge in [0.2, 0.25) is 0 Å². The molecule has 24 heavy (non-hydrogen) atoms. The third-order valence-corrected chi connectivity index (χ3v) is 3.33. The van der Waals surface area contributed by atoms with Crippen molar-refractivity contribution in [3.8, 4) is 11.5 Å². The highest BCUT2D eigenvalue weighted by atomic mass is 19.1. The van der Waals surface area contributed by atoms with Gasteiger partial charge >= 0.3 is 0 Å². The molecule has 122 valence electrons. The molecule has 0 unspecified atom stereocenters. The summed E-state index contributed by atoms with van der Waals surface area (Å²) in [6.07, 6.45) is 0. The number of hydrogen-bond acceptors (Lipinski definition) is 3. The van der Waals surface area contributed by atoms with Crippen molar-refractivity contribution in [2.24, 2.45) is 0 Å². The van der Waals surface area contributed by atoms with Crippen molar-refractivity contribution in [2.45, 2.75) is 6.61 Å². The van der Waals surface area contributed by atoms with E-state index >= 15 is 0 Å². The largest absolute Gasteiger partial charge is 0.489 e. The summed E-state index contributed by atoms with van der Waals surface area (Å²) >= 11 is 0. The number of anilines is 1. The van der Waals surface area contributed by atoms with E-state index in [0.29, 0.717) is 11.5 Å². The average molecular weight is 327 g/mol. The van der Waals surface area contributed by atoms with Crippen LogP contribution in [-0.2, 0) is 6.61 Å². The summed E-state index contributed by atoms with van der Waals surface area (Å²) in [5.74, 6) is -0.169. The number of hydrogen-bond donors (Lipinski definition) is 1. The predicted octanol–water partition coefficient (Wildman–Crippen LogP) is 4.95. The Kier molecular flexibility index (Phi) is 4.91. The standard InChI is InChI=1S/C19H15F2NO2/c20-18-7-4-8-19(21)17(18)13-23-15-9-11-16(12-10-15)24-22-14-5-2-1-3-6-14/h1-12,22H,13H2. The van der Waals surface area contributed by atoms with Crippen molar-refractivity contribution in [3.05, 3.63) is 90.0 Å². The zero-order valence-electron chi connectivity index (χ0n) is 12.7. The molecule has 3 nitrogen and oxygen atoms in total. The van der Waals surface area contributed by atoms with Gasteiger partial charge in [0, 0.05) is 0 Å². The van der Waals surface area contributed by atoms with Gasteiger partial charge in [-0.25, -0.2) is 14.3 Å². The van der Waals surface area contributed by atoms with Crippen LogP contribution >= 0.6 is 0 Å². The van der Waals surface area contributed by atoms with Gasteiger partial charge in [0.05, 0.1) is 11.3 Å². The van der Waals surface area contributed by atoms with Gasteiger partial charge in [-0.2, -0.15) is 0 Å². The summed E-state index contributed by atoms with van der Waals surface area (Å²) < 4.78 is 32.5. The van der Waals surface area contributed by atoms with Gasteiger partial charge in [0.25, 0.3) is 0 Å². The van der Waals surface area contributed by atoms with Crippen LogP contribution in [0.25, 0.3) is 0 Å². The normalized spacial score (nSPS) is 10.2. The Morgan fingerprint density at radius 3 is 2.00 bits per heavy atom. The van der Waals surface area contributed by atoms with Crippen LogP contribution in [0.1, 0.15) is 5.56 Å². The van der Waals surface area contributed by atoms with Crippen LogP contribution < -0.4 is 15.1 Å². The van der Waals surface area contributed by atoms with Gasteiger partial charge in [0.15, 0.2) is 5.75 Å². The van der Waals surface area contributed by atoms with Gasteiger partial charge in [0.1, 0.15) is 24.0 Å². The fourth-order valence-corrected chi connectivity index (χ4v) is 2.05. The van der Waals surface area contributed by atoms with Gasteiger partial charge in [-0.3, -0.25) is 0 Å². The Bertz CT molecular complexity index is 772. The lowest BCUT2D eigenvalue weighted by atomic mass is 10.2. The molecule has 0 bridgehead atoms. The van der Waals surface area contributed by atoms with Gasteiger partial charge in [-0.15, -0.1) is 0 Å². The van der Waals surface area contributed by atoms with Crippen molar-refractivity contribution < 1.29 is 18.4 Å². The second kappa shape index (κ2) is 7.46. The fourth-order valence-electron chi connectivity index (χ4n) is 2.05. The van der Waals surface area contributed by atoms with Crippen LogP contribution in [0.3, 0.4) is 0 Å². The third kappa shape index (κ3) is 4.01. The maximum atomic E-state index is 13.5. The number of nitrogens with one attached hydrogen (secondary N) is 1. The van der Waals surface area contributed by atoms with Crippen LogP contribution in [0.5, 0.6) is 11.5 Å². The summed E-state index contributed by atoms with van der Waals surface area (Å²) in [6, 6.07) is 19.9. The summed E-state index contributed by atoms with van der Waals surface area (Å²) in [5.41, 5.74) is 3.55. The lowest BCUT2D eigenvalue weighted by Gasteiger charge is -2.10. The second-order valence-electron chi connectivity index (χ2n) is 5.03. The summed E-state index contributed by atoms with van der Waals surface area (Å²) in [5, 5.41) is 0. The molecule has 0 radical (unpaired) electrons. The van der Waals surface area contributed by atoms with Crippen LogP contribution in [0, 0.1) is 11.6 Å². The molecule has 1 N–H and O–H groups in total. The number of benzene rings is 3. The molecule has 3 aromatic rings. The van der Waals surface area contributed by atoms with E-state index in [1.165, 1.54) is 18.2 Å². The monoisotopic (exact) mass is 327 g/mol. The quantitative estimate of drug-likeness (QED) is 0.650. The summed E-state index contributed by atoms with van der Waals surface area (Å²) in [6.45, 7) is -0.180. The first kappa shape index (κ1) is 15.8. The van der Waals surface area contributed by atoms with E-state index in [1.54, 1.807) is 24.3 Å². The Labute approximate surface area is 138 Å². The third-order valence-electron chi connectivity index (χ3n) is 3.33. The summed E-state index contributed by atoms with van der Waals surface area (Å²) in [7, 11) is 0. The van der Waals surface area contributed by atoms with Crippen LogP contribution in [0.2, 0.25) is 0 Å². The van der Waals surface area contributed by atoms with E-state index < -0.39 is 11.6 Å². The molecule has 0 saturated carbocycles. The molecule has 3 rings (SSSR count). The molecule has 0 heterocycles. The Balaban J connectivity index is 1.57. The van der Waals surface area contributed by atoms with E-state index in [-0.39, 0.29) is 12.2 Å². The molecule has 0 aliphatic carbocycles. The number of para-hydroxylation sites is 1. The molecule has 3 aromatic carbocycles. The molecule has 0 saturated heterocycles. The van der Waals surface area contributed by atoms with Crippen LogP contribution in [0.15, 0.2) is 72.8 Å². The lowest BCUT2D eigenvalue weighted by Crippen LogP contribution is -2.04. The molecule has 0 atom stereocenters. The van der Waals surface area contributed by atoms with Crippen molar-refractivity contribution in [3.63, 3.8) is 0 Å². The van der Waals surface area contributed by atoms with E-state index in [2.05, 4.69) is 5.48 Å². The highest BCUT2D eigenvalue weighted by Gasteiger charge is 2.09. The minimum atomic E-state index is -0.623. The maximum absolute atomic E-state index is 13.5. The highest BCUT2D eigenvalue weighted by Crippen LogP contribution is 2.20. The fraction of sp³-hybridized carbons (Fsp3) is 0.0526. The van der Waals surface area contributed by atoms with Crippen molar-refractivity contribution >= 4 is 5.69 Å². The van der Waals surface area contributed by atoms with E-state index in [9.17, 15) is 8.78 Å². The zero-order valence-corrected chi connectivity index (χ0v) is 12.7. The Hall–Kier alpha value is -3.08. The van der Waals surface area contributed by atoms with Crippen LogP contribution in [0.4, 0.5) is 14.5 Å². The minimum Gasteiger partial charge on any atom is -0.489 e. The molecule has 5 heteroatoms. The SMILES string of the molecule is Fc1cccc(F)c1COc1ccc(ONc2ccccc2)cc1. The number of halogens is 2. The van der Waals surface area contributed by atoms with Crippen LogP contribution in [-0.4, -0.2) is 0 Å². The van der Waals surface area contributed by atoms with E-state index in [4.69, 9.17) is 9.57 Å². The molecule has 0 aromatic heterocycles. The molecule has 0 fully saturated rings. The summed E-state index contributed by atoms with van der Waals surface area (Å²) in [4.78, 5) is 5.42. The van der Waals surface area contributed by atoms with Crippen molar-refractivity contribution in [1.29, 1.82) is 0 Å². The van der Waals surface area contributed by atoms with Gasteiger partial charge in [-0.05, 0) is 48.5 Å². The highest BCUT2D eigenvalue weighted by molar-refractivity contribution is 5.41. The molecule has 0 aliphatic rings. The first-order chi connectivity index (χ1) is 11.7. The first-order valence-corrected chi connectivity index (χ1v) is 7.36. The van der Waals surface area contributed by atoms with Crippen molar-refractivity contribution in [1.82, 2.24) is 0 Å². The molecular formula is C19H15F2NO2. The van der Waals surface area contributed by atoms with E-state index in [1.807, 2.05) is 30.3 Å². The Morgan fingerprint density at radius 1 is 0.708 bits per heavy atom. The topological polar surface area (TPSA) is 30.5 Å². The first-order valence-electron chi connectivity index (χ1n) is 7.36. The smallest absolute Gasteiger partial charge is 0.155 e.